The van der Waals surface area contributed by atoms with Crippen molar-refractivity contribution in [2.24, 2.45) is 4.99 Å². The zero-order valence-corrected chi connectivity index (χ0v) is 19.1. The van der Waals surface area contributed by atoms with E-state index in [-0.39, 0.29) is 27.9 Å². The first-order valence-corrected chi connectivity index (χ1v) is 11.4. The molecule has 0 saturated carbocycles. The summed E-state index contributed by atoms with van der Waals surface area (Å²) in [6, 6.07) is 7.86. The maximum absolute atomic E-state index is 14.4. The van der Waals surface area contributed by atoms with Crippen LogP contribution in [-0.4, -0.2) is 24.3 Å². The fourth-order valence-corrected chi connectivity index (χ4v) is 5.25. The normalized spacial score (nSPS) is 20.2. The maximum atomic E-state index is 14.4. The smallest absolute Gasteiger partial charge is 0.352 e. The second kappa shape index (κ2) is 8.71. The van der Waals surface area contributed by atoms with E-state index in [4.69, 9.17) is 23.2 Å². The standard InChI is InChI=1S/C24H23Cl2F3N2O/c1-2-22(32)30-12-14-6-7-20(19-5-3-4-18(14)19)21-11-23(13-31-21,24(27,28)29)15-8-16(25)10-17(26)9-15/h6-10H,2-5,11-13H2,1H3,(H,30,32). The first-order valence-electron chi connectivity index (χ1n) is 10.6. The van der Waals surface area contributed by atoms with E-state index < -0.39 is 18.1 Å². The molecule has 0 bridgehead atoms. The zero-order chi connectivity index (χ0) is 23.1. The molecule has 8 heteroatoms. The van der Waals surface area contributed by atoms with Crippen LogP contribution in [0.4, 0.5) is 13.2 Å². The van der Waals surface area contributed by atoms with Gasteiger partial charge in [-0.15, -0.1) is 0 Å². The minimum absolute atomic E-state index is 0.0314. The van der Waals surface area contributed by atoms with Gasteiger partial charge in [-0.1, -0.05) is 42.3 Å². The van der Waals surface area contributed by atoms with Crippen molar-refractivity contribution in [1.82, 2.24) is 5.32 Å². The minimum atomic E-state index is -4.51. The quantitative estimate of drug-likeness (QED) is 0.541. The van der Waals surface area contributed by atoms with Crippen molar-refractivity contribution in [1.29, 1.82) is 0 Å². The molecule has 32 heavy (non-hydrogen) atoms. The first kappa shape index (κ1) is 23.1. The molecule has 1 aliphatic heterocycles. The zero-order valence-electron chi connectivity index (χ0n) is 17.6. The van der Waals surface area contributed by atoms with Gasteiger partial charge in [-0.2, -0.15) is 13.2 Å². The van der Waals surface area contributed by atoms with Gasteiger partial charge in [0.1, 0.15) is 5.41 Å². The third-order valence-electron chi connectivity index (χ3n) is 6.46. The van der Waals surface area contributed by atoms with E-state index in [1.807, 2.05) is 12.1 Å². The van der Waals surface area contributed by atoms with Gasteiger partial charge in [0.05, 0.1) is 6.54 Å². The van der Waals surface area contributed by atoms with Gasteiger partial charge in [0.2, 0.25) is 5.91 Å². The van der Waals surface area contributed by atoms with Crippen LogP contribution in [0, 0.1) is 0 Å². The topological polar surface area (TPSA) is 41.5 Å². The molecule has 0 fully saturated rings. The summed E-state index contributed by atoms with van der Waals surface area (Å²) in [6.07, 6.45) is -1.79. The van der Waals surface area contributed by atoms with E-state index >= 15 is 0 Å². The van der Waals surface area contributed by atoms with E-state index in [1.54, 1.807) is 6.92 Å². The van der Waals surface area contributed by atoms with Crippen molar-refractivity contribution in [2.75, 3.05) is 6.54 Å². The van der Waals surface area contributed by atoms with Gasteiger partial charge in [0.15, 0.2) is 0 Å². The highest BCUT2D eigenvalue weighted by Gasteiger charge is 2.58. The number of carbonyl (C=O) groups excluding carboxylic acids is 1. The van der Waals surface area contributed by atoms with Crippen molar-refractivity contribution in [3.8, 4) is 0 Å². The third-order valence-corrected chi connectivity index (χ3v) is 6.89. The van der Waals surface area contributed by atoms with Crippen LogP contribution in [0.3, 0.4) is 0 Å². The number of hydrogen-bond donors (Lipinski definition) is 1. The number of rotatable bonds is 5. The predicted octanol–water partition coefficient (Wildman–Crippen LogP) is 6.20. The van der Waals surface area contributed by atoms with Gasteiger partial charge in [-0.05, 0) is 65.3 Å². The highest BCUT2D eigenvalue weighted by atomic mass is 35.5. The Morgan fingerprint density at radius 3 is 2.47 bits per heavy atom. The number of nitrogens with zero attached hydrogens (tertiary/aromatic N) is 1. The lowest BCUT2D eigenvalue weighted by molar-refractivity contribution is -0.183. The van der Waals surface area contributed by atoms with Crippen molar-refractivity contribution >= 4 is 34.8 Å². The number of carbonyl (C=O) groups is 1. The van der Waals surface area contributed by atoms with Gasteiger partial charge in [0, 0.05) is 35.1 Å². The minimum Gasteiger partial charge on any atom is -0.352 e. The molecular weight excluding hydrogens is 460 g/mol. The summed E-state index contributed by atoms with van der Waals surface area (Å²) >= 11 is 12.1. The maximum Gasteiger partial charge on any atom is 0.400 e. The van der Waals surface area contributed by atoms with Crippen LogP contribution < -0.4 is 5.32 Å². The Hall–Kier alpha value is -2.05. The third kappa shape index (κ3) is 4.15. The van der Waals surface area contributed by atoms with E-state index in [9.17, 15) is 18.0 Å². The lowest BCUT2D eigenvalue weighted by Gasteiger charge is -2.32. The van der Waals surface area contributed by atoms with Crippen LogP contribution >= 0.6 is 23.2 Å². The highest BCUT2D eigenvalue weighted by molar-refractivity contribution is 6.34. The molecule has 1 unspecified atom stereocenters. The van der Waals surface area contributed by atoms with Crippen LogP contribution in [-0.2, 0) is 29.6 Å². The van der Waals surface area contributed by atoms with Crippen molar-refractivity contribution in [3.63, 3.8) is 0 Å². The molecule has 3 nitrogen and oxygen atoms in total. The molecule has 1 aliphatic carbocycles. The summed E-state index contributed by atoms with van der Waals surface area (Å²) in [6.45, 7) is 1.82. The second-order valence-electron chi connectivity index (χ2n) is 8.39. The molecule has 0 aromatic heterocycles. The van der Waals surface area contributed by atoms with Crippen LogP contribution in [0.1, 0.15) is 54.0 Å². The number of halogens is 5. The average Bonchev–Trinajstić information content (AvgIpc) is 3.39. The number of nitrogens with one attached hydrogen (secondary N) is 1. The molecule has 0 saturated heterocycles. The molecule has 2 aliphatic rings. The molecule has 170 valence electrons. The number of benzene rings is 2. The van der Waals surface area contributed by atoms with Gasteiger partial charge >= 0.3 is 6.18 Å². The lowest BCUT2D eigenvalue weighted by atomic mass is 9.76. The van der Waals surface area contributed by atoms with Crippen molar-refractivity contribution in [3.05, 3.63) is 68.2 Å². The van der Waals surface area contributed by atoms with Gasteiger partial charge in [-0.3, -0.25) is 9.79 Å². The van der Waals surface area contributed by atoms with Gasteiger partial charge in [-0.25, -0.2) is 0 Å². The molecule has 4 rings (SSSR count). The Morgan fingerprint density at radius 2 is 1.81 bits per heavy atom. The fourth-order valence-electron chi connectivity index (χ4n) is 4.72. The number of aliphatic imine (C=N–C) groups is 1. The van der Waals surface area contributed by atoms with Crippen LogP contribution in [0.5, 0.6) is 0 Å². The molecular formula is C24H23Cl2F3N2O. The largest absolute Gasteiger partial charge is 0.400 e. The highest BCUT2D eigenvalue weighted by Crippen LogP contribution is 2.49. The molecule has 0 radical (unpaired) electrons. The number of hydrogen-bond acceptors (Lipinski definition) is 2. The lowest BCUT2D eigenvalue weighted by Crippen LogP contribution is -2.43. The number of fused-ring (bicyclic) bond motifs is 1. The summed E-state index contributed by atoms with van der Waals surface area (Å²) in [4.78, 5) is 16.1. The molecule has 1 N–H and O–H groups in total. The number of amides is 1. The van der Waals surface area contributed by atoms with Crippen molar-refractivity contribution < 1.29 is 18.0 Å². The summed E-state index contributed by atoms with van der Waals surface area (Å²) < 4.78 is 43.2. The van der Waals surface area contributed by atoms with Crippen LogP contribution in [0.15, 0.2) is 35.3 Å². The Balaban J connectivity index is 1.69. The number of alkyl halides is 3. The summed E-state index contributed by atoms with van der Waals surface area (Å²) in [5, 5.41) is 3.23. The molecule has 2 aromatic rings. The molecule has 1 amide bonds. The van der Waals surface area contributed by atoms with Gasteiger partial charge in [0.25, 0.3) is 0 Å². The van der Waals surface area contributed by atoms with Crippen molar-refractivity contribution in [2.45, 2.75) is 57.2 Å². The Morgan fingerprint density at radius 1 is 1.12 bits per heavy atom. The monoisotopic (exact) mass is 482 g/mol. The van der Waals surface area contributed by atoms with Gasteiger partial charge < -0.3 is 5.32 Å². The summed E-state index contributed by atoms with van der Waals surface area (Å²) in [7, 11) is 0. The van der Waals surface area contributed by atoms with E-state index in [0.29, 0.717) is 18.7 Å². The van der Waals surface area contributed by atoms with Crippen LogP contribution in [0.2, 0.25) is 10.0 Å². The van der Waals surface area contributed by atoms with Crippen LogP contribution in [0.25, 0.3) is 0 Å². The Bertz CT molecular complexity index is 1080. The summed E-state index contributed by atoms with van der Waals surface area (Å²) in [5.41, 5.74) is 2.31. The predicted molar refractivity (Wildman–Crippen MR) is 121 cm³/mol. The molecule has 0 spiro atoms. The summed E-state index contributed by atoms with van der Waals surface area (Å²) in [5.74, 6) is -0.0314. The van der Waals surface area contributed by atoms with E-state index in [1.165, 1.54) is 18.2 Å². The Kier molecular flexibility index (Phi) is 6.29. The van der Waals surface area contributed by atoms with E-state index in [2.05, 4.69) is 10.3 Å². The second-order valence-corrected chi connectivity index (χ2v) is 9.26. The molecule has 1 atom stereocenters. The fraction of sp³-hybridized carbons (Fsp3) is 0.417. The SMILES string of the molecule is CCC(=O)NCc1ccc(C2=NCC(c3cc(Cl)cc(Cl)c3)(C(F)(F)F)C2)c2c1CCC2. The molecule has 1 heterocycles. The molecule has 2 aromatic carbocycles. The Labute approximate surface area is 195 Å². The van der Waals surface area contributed by atoms with E-state index in [0.717, 1.165) is 41.5 Å². The first-order chi connectivity index (χ1) is 15.1. The average molecular weight is 483 g/mol.